The van der Waals surface area contributed by atoms with Crippen LogP contribution in [0.1, 0.15) is 38.8 Å². The highest BCUT2D eigenvalue weighted by molar-refractivity contribution is 5.59. The minimum Gasteiger partial charge on any atom is -0.464 e. The predicted octanol–water partition coefficient (Wildman–Crippen LogP) is 8.84. The Labute approximate surface area is 178 Å². The second kappa shape index (κ2) is 13.2. The van der Waals surface area contributed by atoms with Crippen LogP contribution in [-0.4, -0.2) is 0 Å². The number of benzene rings is 2. The zero-order chi connectivity index (χ0) is 22.5. The van der Waals surface area contributed by atoms with Crippen molar-refractivity contribution in [3.8, 4) is 22.6 Å². The minimum absolute atomic E-state index is 0.405. The number of furan rings is 2. The number of halogens is 2. The SMILES string of the molecule is CC.CC.Cc1cc(C)cc(-c2ccco2)c1.Fc1cc(F)cc(-c2ccco2)c1. The van der Waals surface area contributed by atoms with E-state index in [9.17, 15) is 8.78 Å². The third-order valence-electron chi connectivity index (χ3n) is 3.70. The average molecular weight is 413 g/mol. The van der Waals surface area contributed by atoms with Gasteiger partial charge in [0.15, 0.2) is 0 Å². The summed E-state index contributed by atoms with van der Waals surface area (Å²) in [6.07, 6.45) is 3.16. The first kappa shape index (κ1) is 24.9. The Morgan fingerprint density at radius 3 is 1.33 bits per heavy atom. The lowest BCUT2D eigenvalue weighted by Gasteiger charge is -2.01. The summed E-state index contributed by atoms with van der Waals surface area (Å²) in [4.78, 5) is 0. The Kier molecular flexibility index (Phi) is 10.9. The molecule has 0 atom stereocenters. The van der Waals surface area contributed by atoms with Gasteiger partial charge in [0.2, 0.25) is 0 Å². The van der Waals surface area contributed by atoms with E-state index in [1.807, 2.05) is 39.8 Å². The first-order valence-corrected chi connectivity index (χ1v) is 10.1. The molecule has 0 amide bonds. The van der Waals surface area contributed by atoms with Crippen molar-refractivity contribution in [2.75, 3.05) is 0 Å². The summed E-state index contributed by atoms with van der Waals surface area (Å²) < 4.78 is 35.8. The number of hydrogen-bond acceptors (Lipinski definition) is 2. The van der Waals surface area contributed by atoms with Crippen LogP contribution in [0.5, 0.6) is 0 Å². The van der Waals surface area contributed by atoms with Crippen molar-refractivity contribution < 1.29 is 17.6 Å². The highest BCUT2D eigenvalue weighted by Crippen LogP contribution is 2.22. The fourth-order valence-electron chi connectivity index (χ4n) is 2.70. The molecular formula is C26H30F2O2. The lowest BCUT2D eigenvalue weighted by Crippen LogP contribution is -1.81. The first-order chi connectivity index (χ1) is 14.5. The zero-order valence-corrected chi connectivity index (χ0v) is 18.5. The standard InChI is InChI=1S/C12H12O.C10H6F2O.2C2H6/c1-9-6-10(2)8-11(7-9)12-4-3-5-13-12;11-8-4-7(5-9(12)6-8)10-2-1-3-13-10;2*1-2/h3-8H,1-2H3;1-6H;2*1-2H3. The maximum atomic E-state index is 12.7. The van der Waals surface area contributed by atoms with E-state index in [2.05, 4.69) is 32.0 Å². The van der Waals surface area contributed by atoms with Crippen LogP contribution < -0.4 is 0 Å². The van der Waals surface area contributed by atoms with Crippen LogP contribution in [0, 0.1) is 25.5 Å². The largest absolute Gasteiger partial charge is 0.464 e. The first-order valence-electron chi connectivity index (χ1n) is 10.1. The summed E-state index contributed by atoms with van der Waals surface area (Å²) in [5.74, 6) is 0.183. The maximum Gasteiger partial charge on any atom is 0.134 e. The van der Waals surface area contributed by atoms with Gasteiger partial charge in [0.05, 0.1) is 12.5 Å². The fourth-order valence-corrected chi connectivity index (χ4v) is 2.70. The Morgan fingerprint density at radius 2 is 0.967 bits per heavy atom. The molecule has 0 spiro atoms. The number of aryl methyl sites for hydroxylation is 2. The molecule has 0 fully saturated rings. The van der Waals surface area contributed by atoms with Gasteiger partial charge < -0.3 is 8.83 Å². The molecule has 160 valence electrons. The third kappa shape index (κ3) is 7.70. The summed E-state index contributed by atoms with van der Waals surface area (Å²) in [6, 6.07) is 16.9. The smallest absolute Gasteiger partial charge is 0.134 e. The molecule has 2 aromatic heterocycles. The average Bonchev–Trinajstić information content (AvgIpc) is 3.45. The molecule has 2 nitrogen and oxygen atoms in total. The monoisotopic (exact) mass is 412 g/mol. The molecule has 2 aromatic carbocycles. The van der Waals surface area contributed by atoms with E-state index in [1.54, 1.807) is 18.4 Å². The number of rotatable bonds is 2. The maximum absolute atomic E-state index is 12.7. The summed E-state index contributed by atoms with van der Waals surface area (Å²) in [7, 11) is 0. The van der Waals surface area contributed by atoms with E-state index < -0.39 is 11.6 Å². The van der Waals surface area contributed by atoms with Crippen LogP contribution in [0.4, 0.5) is 8.78 Å². The van der Waals surface area contributed by atoms with E-state index in [0.717, 1.165) is 17.4 Å². The van der Waals surface area contributed by atoms with Crippen LogP contribution in [0.25, 0.3) is 22.6 Å². The van der Waals surface area contributed by atoms with Gasteiger partial charge in [-0.2, -0.15) is 0 Å². The summed E-state index contributed by atoms with van der Waals surface area (Å²) >= 11 is 0. The lowest BCUT2D eigenvalue weighted by atomic mass is 10.1. The molecule has 0 saturated carbocycles. The Morgan fingerprint density at radius 1 is 0.567 bits per heavy atom. The third-order valence-corrected chi connectivity index (χ3v) is 3.70. The van der Waals surface area contributed by atoms with Crippen LogP contribution in [0.15, 0.2) is 82.0 Å². The Bertz CT molecular complexity index is 850. The summed E-state index contributed by atoms with van der Waals surface area (Å²) in [5.41, 5.74) is 4.10. The van der Waals surface area contributed by atoms with Crippen LogP contribution in [0.3, 0.4) is 0 Å². The van der Waals surface area contributed by atoms with Crippen molar-refractivity contribution in [2.45, 2.75) is 41.5 Å². The fraction of sp³-hybridized carbons (Fsp3) is 0.231. The lowest BCUT2D eigenvalue weighted by molar-refractivity contribution is 0.569. The minimum atomic E-state index is -0.605. The van der Waals surface area contributed by atoms with E-state index in [4.69, 9.17) is 8.83 Å². The van der Waals surface area contributed by atoms with E-state index in [0.29, 0.717) is 11.3 Å². The van der Waals surface area contributed by atoms with E-state index in [1.165, 1.54) is 29.5 Å². The molecule has 0 aliphatic heterocycles. The van der Waals surface area contributed by atoms with Gasteiger partial charge in [-0.3, -0.25) is 0 Å². The summed E-state index contributed by atoms with van der Waals surface area (Å²) in [6.45, 7) is 12.2. The molecule has 0 unspecified atom stereocenters. The molecular weight excluding hydrogens is 382 g/mol. The van der Waals surface area contributed by atoms with Crippen molar-refractivity contribution in [2.24, 2.45) is 0 Å². The zero-order valence-electron chi connectivity index (χ0n) is 18.5. The quantitative estimate of drug-likeness (QED) is 0.329. The van der Waals surface area contributed by atoms with Crippen molar-refractivity contribution in [3.05, 3.63) is 96.0 Å². The molecule has 0 bridgehead atoms. The second-order valence-corrected chi connectivity index (χ2v) is 5.99. The number of hydrogen-bond donors (Lipinski definition) is 0. The van der Waals surface area contributed by atoms with Gasteiger partial charge in [-0.15, -0.1) is 0 Å². The van der Waals surface area contributed by atoms with Crippen LogP contribution in [-0.2, 0) is 0 Å². The van der Waals surface area contributed by atoms with Crippen LogP contribution >= 0.6 is 0 Å². The van der Waals surface area contributed by atoms with E-state index in [-0.39, 0.29) is 0 Å². The molecule has 4 aromatic rings. The van der Waals surface area contributed by atoms with Gasteiger partial charge in [-0.25, -0.2) is 8.78 Å². The Balaban J connectivity index is 0.000000258. The van der Waals surface area contributed by atoms with Crippen LogP contribution in [0.2, 0.25) is 0 Å². The molecule has 4 heteroatoms. The van der Waals surface area contributed by atoms with Gasteiger partial charge in [0, 0.05) is 17.2 Å². The molecule has 0 aliphatic rings. The molecule has 0 radical (unpaired) electrons. The predicted molar refractivity (Wildman–Crippen MR) is 120 cm³/mol. The Hall–Kier alpha value is -3.14. The highest BCUT2D eigenvalue weighted by Gasteiger charge is 2.04. The molecule has 0 saturated heterocycles. The molecule has 2 heterocycles. The van der Waals surface area contributed by atoms with Crippen molar-refractivity contribution in [3.63, 3.8) is 0 Å². The second-order valence-electron chi connectivity index (χ2n) is 5.99. The molecule has 0 aliphatic carbocycles. The van der Waals surface area contributed by atoms with Crippen molar-refractivity contribution >= 4 is 0 Å². The van der Waals surface area contributed by atoms with Gasteiger partial charge in [-0.1, -0.05) is 44.9 Å². The van der Waals surface area contributed by atoms with E-state index >= 15 is 0 Å². The van der Waals surface area contributed by atoms with Gasteiger partial charge in [0.1, 0.15) is 23.2 Å². The summed E-state index contributed by atoms with van der Waals surface area (Å²) in [5, 5.41) is 0. The van der Waals surface area contributed by atoms with Crippen molar-refractivity contribution in [1.29, 1.82) is 0 Å². The van der Waals surface area contributed by atoms with Gasteiger partial charge >= 0.3 is 0 Å². The molecule has 4 rings (SSSR count). The topological polar surface area (TPSA) is 26.3 Å². The molecule has 0 N–H and O–H groups in total. The normalized spacial score (nSPS) is 9.33. The van der Waals surface area contributed by atoms with Gasteiger partial charge in [0.25, 0.3) is 0 Å². The van der Waals surface area contributed by atoms with Gasteiger partial charge in [-0.05, 0) is 62.4 Å². The molecule has 30 heavy (non-hydrogen) atoms. The van der Waals surface area contributed by atoms with Crippen molar-refractivity contribution in [1.82, 2.24) is 0 Å². The highest BCUT2D eigenvalue weighted by atomic mass is 19.1.